The molecule has 0 aromatic heterocycles. The zero-order chi connectivity index (χ0) is 11.1. The zero-order valence-electron chi connectivity index (χ0n) is 9.39. The molecule has 0 bridgehead atoms. The van der Waals surface area contributed by atoms with E-state index in [9.17, 15) is 0 Å². The van der Waals surface area contributed by atoms with Crippen molar-refractivity contribution >= 4 is 0 Å². The first kappa shape index (κ1) is 12.9. The number of hydrogen-bond donors (Lipinski definition) is 2. The van der Waals surface area contributed by atoms with E-state index in [0.717, 1.165) is 19.6 Å². The molecule has 1 saturated heterocycles. The SMILES string of the molecule is CCOC(CN)CN1CCOC(CO)C1. The largest absolute Gasteiger partial charge is 0.394 e. The summed E-state index contributed by atoms with van der Waals surface area (Å²) in [7, 11) is 0. The molecule has 3 N–H and O–H groups in total. The lowest BCUT2D eigenvalue weighted by Gasteiger charge is -2.33. The Bertz CT molecular complexity index is 169. The van der Waals surface area contributed by atoms with Crippen LogP contribution in [0, 0.1) is 0 Å². The molecule has 2 unspecified atom stereocenters. The van der Waals surface area contributed by atoms with E-state index < -0.39 is 0 Å². The molecule has 0 amide bonds. The molecule has 1 rings (SSSR count). The topological polar surface area (TPSA) is 68.0 Å². The number of ether oxygens (including phenoxy) is 2. The fraction of sp³-hybridized carbons (Fsp3) is 1.00. The lowest BCUT2D eigenvalue weighted by molar-refractivity contribution is -0.0666. The van der Waals surface area contributed by atoms with Crippen LogP contribution < -0.4 is 5.73 Å². The molecular formula is C10H22N2O3. The van der Waals surface area contributed by atoms with Crippen LogP contribution in [-0.4, -0.2) is 68.2 Å². The summed E-state index contributed by atoms with van der Waals surface area (Å²) in [5.74, 6) is 0. The molecule has 0 radical (unpaired) electrons. The van der Waals surface area contributed by atoms with Crippen LogP contribution in [0.2, 0.25) is 0 Å². The highest BCUT2D eigenvalue weighted by Gasteiger charge is 2.21. The van der Waals surface area contributed by atoms with Crippen LogP contribution in [0.4, 0.5) is 0 Å². The standard InChI is InChI=1S/C10H22N2O3/c1-2-14-9(5-11)6-12-3-4-15-10(7-12)8-13/h9-10,13H,2-8,11H2,1H3. The van der Waals surface area contributed by atoms with Gasteiger partial charge < -0.3 is 20.3 Å². The summed E-state index contributed by atoms with van der Waals surface area (Å²) < 4.78 is 10.9. The van der Waals surface area contributed by atoms with Gasteiger partial charge in [0.1, 0.15) is 0 Å². The van der Waals surface area contributed by atoms with E-state index in [1.807, 2.05) is 6.92 Å². The normalized spacial score (nSPS) is 25.4. The van der Waals surface area contributed by atoms with Gasteiger partial charge >= 0.3 is 0 Å². The van der Waals surface area contributed by atoms with Crippen molar-refractivity contribution < 1.29 is 14.6 Å². The van der Waals surface area contributed by atoms with Gasteiger partial charge in [0.05, 0.1) is 25.4 Å². The molecule has 1 aliphatic heterocycles. The van der Waals surface area contributed by atoms with Crippen LogP contribution in [-0.2, 0) is 9.47 Å². The van der Waals surface area contributed by atoms with E-state index >= 15 is 0 Å². The van der Waals surface area contributed by atoms with Crippen LogP contribution in [0.5, 0.6) is 0 Å². The Hall–Kier alpha value is -0.200. The van der Waals surface area contributed by atoms with Crippen LogP contribution >= 0.6 is 0 Å². The van der Waals surface area contributed by atoms with Crippen molar-refractivity contribution in [3.8, 4) is 0 Å². The molecule has 5 heteroatoms. The summed E-state index contributed by atoms with van der Waals surface area (Å²) in [6.07, 6.45) is 0.0336. The summed E-state index contributed by atoms with van der Waals surface area (Å²) in [4.78, 5) is 2.23. The first-order valence-corrected chi connectivity index (χ1v) is 5.56. The molecule has 0 aromatic rings. The molecule has 0 aliphatic carbocycles. The molecule has 5 nitrogen and oxygen atoms in total. The maximum absolute atomic E-state index is 9.00. The second-order valence-electron chi connectivity index (χ2n) is 3.75. The minimum Gasteiger partial charge on any atom is -0.394 e. The number of nitrogens with zero attached hydrogens (tertiary/aromatic N) is 1. The van der Waals surface area contributed by atoms with Gasteiger partial charge in [-0.05, 0) is 6.92 Å². The Balaban J connectivity index is 2.29. The Labute approximate surface area is 91.1 Å². The van der Waals surface area contributed by atoms with Crippen molar-refractivity contribution in [2.75, 3.05) is 46.0 Å². The first-order chi connectivity index (χ1) is 7.30. The molecular weight excluding hydrogens is 196 g/mol. The van der Waals surface area contributed by atoms with Gasteiger partial charge in [-0.25, -0.2) is 0 Å². The van der Waals surface area contributed by atoms with E-state index in [1.54, 1.807) is 0 Å². The van der Waals surface area contributed by atoms with Crippen molar-refractivity contribution in [1.29, 1.82) is 0 Å². The second kappa shape index (κ2) is 7.14. The van der Waals surface area contributed by atoms with Crippen molar-refractivity contribution in [3.63, 3.8) is 0 Å². The molecule has 1 fully saturated rings. The maximum atomic E-state index is 9.00. The quantitative estimate of drug-likeness (QED) is 0.601. The molecule has 0 saturated carbocycles. The smallest absolute Gasteiger partial charge is 0.0932 e. The van der Waals surface area contributed by atoms with Crippen molar-refractivity contribution in [2.45, 2.75) is 19.1 Å². The summed E-state index contributed by atoms with van der Waals surface area (Å²) in [5.41, 5.74) is 5.61. The molecule has 15 heavy (non-hydrogen) atoms. The third-order valence-corrected chi connectivity index (χ3v) is 2.55. The lowest BCUT2D eigenvalue weighted by atomic mass is 10.2. The Kier molecular flexibility index (Phi) is 6.12. The van der Waals surface area contributed by atoms with E-state index in [-0.39, 0.29) is 18.8 Å². The number of morpholine rings is 1. The van der Waals surface area contributed by atoms with Crippen molar-refractivity contribution in [2.24, 2.45) is 5.73 Å². The fourth-order valence-corrected chi connectivity index (χ4v) is 1.78. The van der Waals surface area contributed by atoms with Crippen LogP contribution in [0.3, 0.4) is 0 Å². The summed E-state index contributed by atoms with van der Waals surface area (Å²) in [6.45, 7) is 6.43. The van der Waals surface area contributed by atoms with Gasteiger partial charge in [-0.1, -0.05) is 0 Å². The van der Waals surface area contributed by atoms with E-state index in [0.29, 0.717) is 19.8 Å². The highest BCUT2D eigenvalue weighted by Crippen LogP contribution is 2.06. The Morgan fingerprint density at radius 1 is 1.67 bits per heavy atom. The lowest BCUT2D eigenvalue weighted by Crippen LogP contribution is -2.48. The number of rotatable bonds is 6. The van der Waals surface area contributed by atoms with Gasteiger partial charge in [-0.3, -0.25) is 4.90 Å². The van der Waals surface area contributed by atoms with E-state index in [4.69, 9.17) is 20.3 Å². The number of nitrogens with two attached hydrogens (primary N) is 1. The van der Waals surface area contributed by atoms with Gasteiger partial charge in [-0.2, -0.15) is 0 Å². The average molecular weight is 218 g/mol. The molecule has 0 spiro atoms. The Morgan fingerprint density at radius 2 is 2.47 bits per heavy atom. The molecule has 0 aromatic carbocycles. The zero-order valence-corrected chi connectivity index (χ0v) is 9.39. The minimum atomic E-state index is -0.0567. The predicted molar refractivity (Wildman–Crippen MR) is 57.7 cm³/mol. The highest BCUT2D eigenvalue weighted by atomic mass is 16.5. The second-order valence-corrected chi connectivity index (χ2v) is 3.75. The summed E-state index contributed by atoms with van der Waals surface area (Å²) >= 11 is 0. The number of hydrogen-bond acceptors (Lipinski definition) is 5. The average Bonchev–Trinajstić information content (AvgIpc) is 2.29. The predicted octanol–water partition coefficient (Wildman–Crippen LogP) is -0.957. The highest BCUT2D eigenvalue weighted by molar-refractivity contribution is 4.74. The van der Waals surface area contributed by atoms with Gasteiger partial charge in [-0.15, -0.1) is 0 Å². The van der Waals surface area contributed by atoms with Crippen LogP contribution in [0.1, 0.15) is 6.92 Å². The first-order valence-electron chi connectivity index (χ1n) is 5.56. The van der Waals surface area contributed by atoms with Crippen molar-refractivity contribution in [1.82, 2.24) is 4.90 Å². The fourth-order valence-electron chi connectivity index (χ4n) is 1.78. The van der Waals surface area contributed by atoms with E-state index in [1.165, 1.54) is 0 Å². The van der Waals surface area contributed by atoms with Crippen molar-refractivity contribution in [3.05, 3.63) is 0 Å². The third-order valence-electron chi connectivity index (χ3n) is 2.55. The van der Waals surface area contributed by atoms with Gasteiger partial charge in [0.15, 0.2) is 0 Å². The molecule has 1 aliphatic rings. The van der Waals surface area contributed by atoms with Gasteiger partial charge in [0.25, 0.3) is 0 Å². The monoisotopic (exact) mass is 218 g/mol. The maximum Gasteiger partial charge on any atom is 0.0932 e. The molecule has 1 heterocycles. The molecule has 90 valence electrons. The third kappa shape index (κ3) is 4.44. The summed E-state index contributed by atoms with van der Waals surface area (Å²) in [5, 5.41) is 9.00. The number of aliphatic hydroxyl groups is 1. The Morgan fingerprint density at radius 3 is 3.07 bits per heavy atom. The molecule has 2 atom stereocenters. The number of aliphatic hydroxyl groups excluding tert-OH is 1. The van der Waals surface area contributed by atoms with Crippen LogP contribution in [0.25, 0.3) is 0 Å². The van der Waals surface area contributed by atoms with Gasteiger partial charge in [0, 0.05) is 32.8 Å². The van der Waals surface area contributed by atoms with Crippen LogP contribution in [0.15, 0.2) is 0 Å². The minimum absolute atomic E-state index is 0.0567. The van der Waals surface area contributed by atoms with E-state index in [2.05, 4.69) is 4.90 Å². The summed E-state index contributed by atoms with van der Waals surface area (Å²) in [6, 6.07) is 0. The van der Waals surface area contributed by atoms with Gasteiger partial charge in [0.2, 0.25) is 0 Å².